The minimum atomic E-state index is -5.17. The average Bonchev–Trinajstić information content (AvgIpc) is 2.72. The van der Waals surface area contributed by atoms with E-state index in [1.165, 1.54) is 0 Å². The Bertz CT molecular complexity index is 1080. The van der Waals surface area contributed by atoms with Crippen molar-refractivity contribution in [2.24, 2.45) is 0 Å². The topological polar surface area (TPSA) is 49.8 Å². The molecule has 0 fully saturated rings. The van der Waals surface area contributed by atoms with E-state index in [0.29, 0.717) is 24.3 Å². The molecule has 4 nitrogen and oxygen atoms in total. The fourth-order valence-electron chi connectivity index (χ4n) is 2.85. The molecule has 0 bridgehead atoms. The Hall–Kier alpha value is -3.72. The van der Waals surface area contributed by atoms with Crippen molar-refractivity contribution in [1.82, 2.24) is 9.97 Å². The molecule has 0 unspecified atom stereocenters. The molecule has 3 rings (SSSR count). The molecule has 0 aliphatic carbocycles. The number of alkyl halides is 12. The summed E-state index contributed by atoms with van der Waals surface area (Å²) in [6.07, 6.45) is -18.8. The SMILES string of the molecule is FC(F)(F)c1cc(Nc2nccnc2Nc2cc(C(F)(F)F)cc(C(F)(F)F)c2)cc(C(F)(F)F)c1. The molecule has 3 aromatic rings. The quantitative estimate of drug-likeness (QED) is 0.333. The lowest BCUT2D eigenvalue weighted by Gasteiger charge is -2.17. The van der Waals surface area contributed by atoms with Gasteiger partial charge in [0, 0.05) is 23.8 Å². The molecule has 36 heavy (non-hydrogen) atoms. The van der Waals surface area contributed by atoms with Gasteiger partial charge in [-0.05, 0) is 36.4 Å². The third-order valence-corrected chi connectivity index (χ3v) is 4.40. The molecular formula is C20H10F12N4. The molecule has 16 heteroatoms. The van der Waals surface area contributed by atoms with Gasteiger partial charge in [-0.3, -0.25) is 0 Å². The molecule has 2 N–H and O–H groups in total. The summed E-state index contributed by atoms with van der Waals surface area (Å²) < 4.78 is 157. The number of hydrogen-bond donors (Lipinski definition) is 2. The monoisotopic (exact) mass is 534 g/mol. The van der Waals surface area contributed by atoms with Crippen molar-refractivity contribution in [3.05, 3.63) is 71.0 Å². The first-order chi connectivity index (χ1) is 16.3. The van der Waals surface area contributed by atoms with E-state index in [9.17, 15) is 52.7 Å². The van der Waals surface area contributed by atoms with Gasteiger partial charge in [0.15, 0.2) is 11.6 Å². The van der Waals surface area contributed by atoms with Gasteiger partial charge in [0.25, 0.3) is 0 Å². The van der Waals surface area contributed by atoms with E-state index >= 15 is 0 Å². The van der Waals surface area contributed by atoms with Gasteiger partial charge < -0.3 is 10.6 Å². The normalized spacial score (nSPS) is 13.0. The second-order valence-electron chi connectivity index (χ2n) is 7.09. The van der Waals surface area contributed by atoms with Crippen LogP contribution in [0.2, 0.25) is 0 Å². The van der Waals surface area contributed by atoms with Gasteiger partial charge >= 0.3 is 24.7 Å². The van der Waals surface area contributed by atoms with Crippen molar-refractivity contribution in [3.63, 3.8) is 0 Å². The lowest BCUT2D eigenvalue weighted by atomic mass is 10.1. The van der Waals surface area contributed by atoms with E-state index in [1.807, 2.05) is 0 Å². The Labute approximate surface area is 193 Å². The molecule has 2 aromatic carbocycles. The number of rotatable bonds is 4. The van der Waals surface area contributed by atoms with Gasteiger partial charge in [0.1, 0.15) is 0 Å². The van der Waals surface area contributed by atoms with E-state index in [2.05, 4.69) is 20.6 Å². The van der Waals surface area contributed by atoms with Crippen LogP contribution in [-0.2, 0) is 24.7 Å². The zero-order valence-electron chi connectivity index (χ0n) is 17.0. The Balaban J connectivity index is 2.04. The van der Waals surface area contributed by atoms with Crippen LogP contribution in [-0.4, -0.2) is 9.97 Å². The zero-order valence-corrected chi connectivity index (χ0v) is 17.0. The summed E-state index contributed by atoms with van der Waals surface area (Å²) >= 11 is 0. The molecule has 0 atom stereocenters. The van der Waals surface area contributed by atoms with Crippen molar-refractivity contribution in [1.29, 1.82) is 0 Å². The first-order valence-corrected chi connectivity index (χ1v) is 9.28. The standard InChI is InChI=1S/C20H10F12N4/c21-17(22,23)9-3-10(18(24,25)26)6-13(5-9)35-15-16(34-2-1-33-15)36-14-7-11(19(27,28)29)4-12(8-14)20(30,31)32/h1-8H,(H,33,35)(H,34,36). The Morgan fingerprint density at radius 3 is 0.889 bits per heavy atom. The fraction of sp³-hybridized carbons (Fsp3) is 0.200. The van der Waals surface area contributed by atoms with Gasteiger partial charge in [0.2, 0.25) is 0 Å². The Morgan fingerprint density at radius 2 is 0.667 bits per heavy atom. The first kappa shape index (κ1) is 26.9. The van der Waals surface area contributed by atoms with E-state index in [4.69, 9.17) is 0 Å². The van der Waals surface area contributed by atoms with Crippen molar-refractivity contribution in [2.75, 3.05) is 10.6 Å². The summed E-state index contributed by atoms with van der Waals surface area (Å²) in [7, 11) is 0. The number of aromatic nitrogens is 2. The molecule has 0 saturated carbocycles. The average molecular weight is 534 g/mol. The van der Waals surface area contributed by atoms with Crippen LogP contribution in [0.4, 0.5) is 75.7 Å². The van der Waals surface area contributed by atoms with Gasteiger partial charge in [-0.15, -0.1) is 0 Å². The van der Waals surface area contributed by atoms with E-state index in [1.54, 1.807) is 0 Å². The zero-order chi connectivity index (χ0) is 27.1. The second kappa shape index (κ2) is 9.05. The van der Waals surface area contributed by atoms with Gasteiger partial charge in [-0.25, -0.2) is 9.97 Å². The Morgan fingerprint density at radius 1 is 0.417 bits per heavy atom. The number of nitrogens with one attached hydrogen (secondary N) is 2. The van der Waals surface area contributed by atoms with Gasteiger partial charge in [0.05, 0.1) is 22.3 Å². The van der Waals surface area contributed by atoms with Crippen LogP contribution in [0.5, 0.6) is 0 Å². The maximum Gasteiger partial charge on any atom is 0.416 e. The second-order valence-corrected chi connectivity index (χ2v) is 7.09. The van der Waals surface area contributed by atoms with Crippen LogP contribution in [0.15, 0.2) is 48.8 Å². The molecule has 0 aliphatic rings. The molecule has 0 aliphatic heterocycles. The van der Waals surface area contributed by atoms with E-state index in [0.717, 1.165) is 12.4 Å². The molecule has 194 valence electrons. The van der Waals surface area contributed by atoms with E-state index in [-0.39, 0.29) is 12.1 Å². The van der Waals surface area contributed by atoms with Crippen molar-refractivity contribution in [3.8, 4) is 0 Å². The summed E-state index contributed by atoms with van der Waals surface area (Å²) in [5.41, 5.74) is -8.25. The number of benzene rings is 2. The van der Waals surface area contributed by atoms with Crippen LogP contribution in [0.3, 0.4) is 0 Å². The largest absolute Gasteiger partial charge is 0.416 e. The predicted molar refractivity (Wildman–Crippen MR) is 101 cm³/mol. The fourth-order valence-corrected chi connectivity index (χ4v) is 2.85. The van der Waals surface area contributed by atoms with Crippen molar-refractivity contribution < 1.29 is 52.7 Å². The summed E-state index contributed by atoms with van der Waals surface area (Å²) in [6.45, 7) is 0. The molecule has 0 radical (unpaired) electrons. The number of nitrogens with zero attached hydrogens (tertiary/aromatic N) is 2. The minimum absolute atomic E-state index is 0.137. The molecule has 0 amide bonds. The lowest BCUT2D eigenvalue weighted by molar-refractivity contribution is -0.144. The summed E-state index contributed by atoms with van der Waals surface area (Å²) in [4.78, 5) is 7.31. The molecule has 1 heterocycles. The van der Waals surface area contributed by atoms with Crippen LogP contribution in [0, 0.1) is 0 Å². The third kappa shape index (κ3) is 6.48. The highest BCUT2D eigenvalue weighted by molar-refractivity contribution is 5.73. The number of halogens is 12. The summed E-state index contributed by atoms with van der Waals surface area (Å²) in [5, 5.41) is 4.25. The number of anilines is 4. The highest BCUT2D eigenvalue weighted by Gasteiger charge is 2.38. The van der Waals surface area contributed by atoms with Crippen LogP contribution in [0.25, 0.3) is 0 Å². The first-order valence-electron chi connectivity index (χ1n) is 9.28. The van der Waals surface area contributed by atoms with E-state index < -0.39 is 70.0 Å². The maximum atomic E-state index is 13.1. The van der Waals surface area contributed by atoms with Gasteiger partial charge in [-0.1, -0.05) is 0 Å². The van der Waals surface area contributed by atoms with Crippen molar-refractivity contribution in [2.45, 2.75) is 24.7 Å². The predicted octanol–water partition coefficient (Wildman–Crippen LogP) is 8.04. The van der Waals surface area contributed by atoms with Crippen LogP contribution >= 0.6 is 0 Å². The smallest absolute Gasteiger partial charge is 0.337 e. The highest BCUT2D eigenvalue weighted by Crippen LogP contribution is 2.40. The summed E-state index contributed by atoms with van der Waals surface area (Å²) in [5.74, 6) is -1.17. The van der Waals surface area contributed by atoms with Gasteiger partial charge in [-0.2, -0.15) is 52.7 Å². The molecule has 1 aromatic heterocycles. The maximum absolute atomic E-state index is 13.1. The van der Waals surface area contributed by atoms with Crippen LogP contribution in [0.1, 0.15) is 22.3 Å². The molecule has 0 spiro atoms. The minimum Gasteiger partial charge on any atom is -0.337 e. The van der Waals surface area contributed by atoms with Crippen molar-refractivity contribution >= 4 is 23.0 Å². The molecule has 0 saturated heterocycles. The number of hydrogen-bond acceptors (Lipinski definition) is 4. The third-order valence-electron chi connectivity index (χ3n) is 4.40. The Kier molecular flexibility index (Phi) is 6.76. The highest BCUT2D eigenvalue weighted by atomic mass is 19.4. The summed E-state index contributed by atoms with van der Waals surface area (Å²) in [6, 6.07) is 0.948. The molecular weight excluding hydrogens is 524 g/mol. The van der Waals surface area contributed by atoms with Crippen LogP contribution < -0.4 is 10.6 Å². The lowest BCUT2D eigenvalue weighted by Crippen LogP contribution is -2.13.